The number of nitrogens with zero attached hydrogens (tertiary/aromatic N) is 1. The summed E-state index contributed by atoms with van der Waals surface area (Å²) in [5, 5.41) is 3.48. The molecule has 0 radical (unpaired) electrons. The molecule has 1 N–H and O–H groups in total. The first-order valence-corrected chi connectivity index (χ1v) is 6.96. The van der Waals surface area contributed by atoms with Crippen LogP contribution in [0.4, 0.5) is 5.69 Å². The van der Waals surface area contributed by atoms with E-state index in [1.807, 2.05) is 11.0 Å². The highest BCUT2D eigenvalue weighted by Gasteiger charge is 2.23. The normalized spacial score (nSPS) is 19.6. The first kappa shape index (κ1) is 11.7. The van der Waals surface area contributed by atoms with Gasteiger partial charge in [-0.05, 0) is 37.3 Å². The lowest BCUT2D eigenvalue weighted by atomic mass is 10.1. The highest BCUT2D eigenvalue weighted by atomic mass is 16.2. The lowest BCUT2D eigenvalue weighted by molar-refractivity contribution is -0.118. The largest absolute Gasteiger partial charge is 0.312 e. The molecule has 0 saturated heterocycles. The van der Waals surface area contributed by atoms with Gasteiger partial charge in [0, 0.05) is 31.2 Å². The van der Waals surface area contributed by atoms with Crippen LogP contribution in [0.5, 0.6) is 0 Å². The van der Waals surface area contributed by atoms with Gasteiger partial charge in [-0.25, -0.2) is 0 Å². The number of fused-ring (bicyclic) bond motifs is 1. The zero-order valence-corrected chi connectivity index (χ0v) is 10.7. The Morgan fingerprint density at radius 1 is 1.22 bits per heavy atom. The van der Waals surface area contributed by atoms with E-state index in [2.05, 4.69) is 23.5 Å². The average molecular weight is 244 g/mol. The molecule has 0 unspecified atom stereocenters. The zero-order valence-electron chi connectivity index (χ0n) is 10.7. The Bertz CT molecular complexity index is 440. The van der Waals surface area contributed by atoms with Crippen molar-refractivity contribution in [3.63, 3.8) is 0 Å². The molecule has 1 aromatic rings. The predicted molar refractivity (Wildman–Crippen MR) is 72.8 cm³/mol. The molecule has 18 heavy (non-hydrogen) atoms. The number of benzene rings is 1. The first-order chi connectivity index (χ1) is 8.84. The molecule has 3 nitrogen and oxygen atoms in total. The molecule has 3 heteroatoms. The van der Waals surface area contributed by atoms with Crippen molar-refractivity contribution in [1.82, 2.24) is 5.32 Å². The number of carbonyl (C=O) groups excluding carboxylic acids is 1. The van der Waals surface area contributed by atoms with Crippen LogP contribution in [-0.4, -0.2) is 25.0 Å². The molecule has 2 aliphatic rings. The molecule has 3 rings (SSSR count). The van der Waals surface area contributed by atoms with Crippen molar-refractivity contribution < 1.29 is 4.79 Å². The summed E-state index contributed by atoms with van der Waals surface area (Å²) in [5.41, 5.74) is 2.44. The Morgan fingerprint density at radius 3 is 2.89 bits per heavy atom. The van der Waals surface area contributed by atoms with Crippen molar-refractivity contribution in [3.8, 4) is 0 Å². The maximum absolute atomic E-state index is 12.2. The molecule has 1 heterocycles. The molecule has 1 aliphatic heterocycles. The van der Waals surface area contributed by atoms with Gasteiger partial charge in [0.1, 0.15) is 0 Å². The van der Waals surface area contributed by atoms with Crippen LogP contribution in [0.2, 0.25) is 0 Å². The predicted octanol–water partition coefficient (Wildman–Crippen LogP) is 2.11. The third-order valence-electron chi connectivity index (χ3n) is 3.77. The molecule has 1 aromatic carbocycles. The smallest absolute Gasteiger partial charge is 0.227 e. The van der Waals surface area contributed by atoms with Gasteiger partial charge in [-0.2, -0.15) is 0 Å². The number of rotatable bonds is 4. The minimum absolute atomic E-state index is 0.276. The van der Waals surface area contributed by atoms with Gasteiger partial charge in [0.15, 0.2) is 0 Å². The van der Waals surface area contributed by atoms with Crippen LogP contribution in [0.1, 0.15) is 31.2 Å². The summed E-state index contributed by atoms with van der Waals surface area (Å²) in [6, 6.07) is 9.03. The van der Waals surface area contributed by atoms with Crippen LogP contribution in [-0.2, 0) is 11.2 Å². The monoisotopic (exact) mass is 244 g/mol. The van der Waals surface area contributed by atoms with E-state index in [9.17, 15) is 4.79 Å². The van der Waals surface area contributed by atoms with Crippen LogP contribution in [0.25, 0.3) is 0 Å². The van der Waals surface area contributed by atoms with Crippen LogP contribution in [0, 0.1) is 0 Å². The number of carbonyl (C=O) groups is 1. The molecule has 0 bridgehead atoms. The van der Waals surface area contributed by atoms with Crippen molar-refractivity contribution in [1.29, 1.82) is 0 Å². The molecule has 0 aromatic heterocycles. The van der Waals surface area contributed by atoms with Crippen molar-refractivity contribution in [2.45, 2.75) is 38.1 Å². The van der Waals surface area contributed by atoms with Gasteiger partial charge < -0.3 is 10.2 Å². The number of aryl methyl sites for hydroxylation is 1. The summed E-state index contributed by atoms with van der Waals surface area (Å²) >= 11 is 0. The summed E-state index contributed by atoms with van der Waals surface area (Å²) in [6.45, 7) is 1.71. The molecule has 96 valence electrons. The first-order valence-electron chi connectivity index (χ1n) is 6.96. The maximum atomic E-state index is 12.2. The third-order valence-corrected chi connectivity index (χ3v) is 3.77. The second kappa shape index (κ2) is 5.11. The summed E-state index contributed by atoms with van der Waals surface area (Å²) in [5.74, 6) is 0.276. The van der Waals surface area contributed by atoms with Crippen molar-refractivity contribution >= 4 is 11.6 Å². The number of para-hydroxylation sites is 1. The molecular formula is C15H20N2O. The fourth-order valence-electron chi connectivity index (χ4n) is 2.60. The van der Waals surface area contributed by atoms with Gasteiger partial charge in [0.25, 0.3) is 0 Å². The van der Waals surface area contributed by atoms with Gasteiger partial charge in [0.2, 0.25) is 5.91 Å². The summed E-state index contributed by atoms with van der Waals surface area (Å²) in [7, 11) is 0. The number of nitrogens with one attached hydrogen (secondary N) is 1. The molecule has 1 amide bonds. The van der Waals surface area contributed by atoms with Gasteiger partial charge in [-0.3, -0.25) is 4.79 Å². The highest BCUT2D eigenvalue weighted by molar-refractivity contribution is 5.94. The second-order valence-electron chi connectivity index (χ2n) is 5.26. The van der Waals surface area contributed by atoms with Gasteiger partial charge >= 0.3 is 0 Å². The lowest BCUT2D eigenvalue weighted by Gasteiger charge is -2.23. The van der Waals surface area contributed by atoms with Crippen LogP contribution in [0.15, 0.2) is 24.3 Å². The maximum Gasteiger partial charge on any atom is 0.227 e. The number of amides is 1. The summed E-state index contributed by atoms with van der Waals surface area (Å²) in [4.78, 5) is 14.1. The summed E-state index contributed by atoms with van der Waals surface area (Å²) in [6.07, 6.45) is 5.27. The van der Waals surface area contributed by atoms with Crippen LogP contribution < -0.4 is 10.2 Å². The van der Waals surface area contributed by atoms with E-state index in [1.54, 1.807) is 0 Å². The quantitative estimate of drug-likeness (QED) is 0.879. The minimum Gasteiger partial charge on any atom is -0.312 e. The molecule has 1 aliphatic carbocycles. The SMILES string of the molecule is O=C1CCCc2ccccc2N1CCNC1CC1. The van der Waals surface area contributed by atoms with Crippen molar-refractivity contribution in [2.75, 3.05) is 18.0 Å². The second-order valence-corrected chi connectivity index (χ2v) is 5.26. The molecular weight excluding hydrogens is 224 g/mol. The number of hydrogen-bond donors (Lipinski definition) is 1. The van der Waals surface area contributed by atoms with Gasteiger partial charge in [-0.15, -0.1) is 0 Å². The topological polar surface area (TPSA) is 32.3 Å². The van der Waals surface area contributed by atoms with Crippen LogP contribution >= 0.6 is 0 Å². The van der Waals surface area contributed by atoms with E-state index in [1.165, 1.54) is 18.4 Å². The molecule has 1 fully saturated rings. The van der Waals surface area contributed by atoms with E-state index >= 15 is 0 Å². The number of hydrogen-bond acceptors (Lipinski definition) is 2. The minimum atomic E-state index is 0.276. The Kier molecular flexibility index (Phi) is 3.33. The number of anilines is 1. The standard InChI is InChI=1S/C15H20N2O/c18-15-7-3-5-12-4-1-2-6-14(12)17(15)11-10-16-13-8-9-13/h1-2,4,6,13,16H,3,5,7-11H2. The molecule has 0 atom stereocenters. The fourth-order valence-corrected chi connectivity index (χ4v) is 2.60. The lowest BCUT2D eigenvalue weighted by Crippen LogP contribution is -2.37. The van der Waals surface area contributed by atoms with Crippen LogP contribution in [0.3, 0.4) is 0 Å². The van der Waals surface area contributed by atoms with Gasteiger partial charge in [0.05, 0.1) is 0 Å². The Morgan fingerprint density at radius 2 is 2.06 bits per heavy atom. The molecule has 0 spiro atoms. The summed E-state index contributed by atoms with van der Waals surface area (Å²) < 4.78 is 0. The molecule has 1 saturated carbocycles. The highest BCUT2D eigenvalue weighted by Crippen LogP contribution is 2.26. The van der Waals surface area contributed by atoms with E-state index in [0.29, 0.717) is 12.5 Å². The van der Waals surface area contributed by atoms with E-state index < -0.39 is 0 Å². The van der Waals surface area contributed by atoms with E-state index in [4.69, 9.17) is 0 Å². The van der Waals surface area contributed by atoms with E-state index in [-0.39, 0.29) is 5.91 Å². The third kappa shape index (κ3) is 2.56. The average Bonchev–Trinajstić information content (AvgIpc) is 3.19. The Balaban J connectivity index is 1.73. The Hall–Kier alpha value is -1.35. The van der Waals surface area contributed by atoms with E-state index in [0.717, 1.165) is 31.6 Å². The van der Waals surface area contributed by atoms with Crippen molar-refractivity contribution in [2.24, 2.45) is 0 Å². The van der Waals surface area contributed by atoms with Gasteiger partial charge in [-0.1, -0.05) is 18.2 Å². The zero-order chi connectivity index (χ0) is 12.4. The van der Waals surface area contributed by atoms with Crippen molar-refractivity contribution in [3.05, 3.63) is 29.8 Å². The Labute approximate surface area is 108 Å². The fraction of sp³-hybridized carbons (Fsp3) is 0.533.